The minimum absolute atomic E-state index is 0.126. The Morgan fingerprint density at radius 3 is 2.06 bits per heavy atom. The van der Waals surface area contributed by atoms with Crippen LogP contribution in [0.25, 0.3) is 0 Å². The summed E-state index contributed by atoms with van der Waals surface area (Å²) in [4.78, 5) is 35.2. The van der Waals surface area contributed by atoms with Crippen molar-refractivity contribution in [3.63, 3.8) is 0 Å². The number of aliphatic imine (C=N–C) groups is 1. The average Bonchev–Trinajstić information content (AvgIpc) is 2.27. The molecule has 0 bridgehead atoms. The Kier molecular flexibility index (Phi) is 10.00. The van der Waals surface area contributed by atoms with Gasteiger partial charge in [0.05, 0.1) is 0 Å². The van der Waals surface area contributed by atoms with Crippen molar-refractivity contribution in [2.24, 2.45) is 4.99 Å². The molecule has 92 valence electrons. The maximum Gasteiger partial charge on any atom is 0.315 e. The monoisotopic (exact) mass is 230 g/mol. The number of carbonyl (C=O) groups excluding carboxylic acids is 3. The molecule has 0 aliphatic heterocycles. The topological polar surface area (TPSA) is 90.9 Å². The summed E-state index contributed by atoms with van der Waals surface area (Å²) in [6.07, 6.45) is 1.31. The molecule has 0 radical (unpaired) electrons. The Morgan fingerprint density at radius 2 is 1.81 bits per heavy atom. The van der Waals surface area contributed by atoms with Crippen LogP contribution in [0.2, 0.25) is 0 Å². The zero-order chi connectivity index (χ0) is 13.1. The Balaban J connectivity index is 0. The van der Waals surface area contributed by atoms with Gasteiger partial charge >= 0.3 is 6.03 Å². The van der Waals surface area contributed by atoms with E-state index in [-0.39, 0.29) is 11.9 Å². The highest BCUT2D eigenvalue weighted by Crippen LogP contribution is 1.87. The minimum atomic E-state index is -0.486. The van der Waals surface area contributed by atoms with Gasteiger partial charge in [0.25, 0.3) is 0 Å². The van der Waals surface area contributed by atoms with Crippen LogP contribution in [-0.2, 0) is 9.59 Å². The van der Waals surface area contributed by atoms with E-state index in [1.165, 1.54) is 25.1 Å². The van der Waals surface area contributed by atoms with Gasteiger partial charge in [0.15, 0.2) is 0 Å². The molecule has 0 fully saturated rings. The molecule has 16 heavy (non-hydrogen) atoms. The number of amides is 3. The maximum absolute atomic E-state index is 11.2. The molecule has 1 unspecified atom stereocenters. The Morgan fingerprint density at radius 1 is 1.38 bits per heavy atom. The van der Waals surface area contributed by atoms with Gasteiger partial charge < -0.3 is 15.5 Å². The summed E-state index contributed by atoms with van der Waals surface area (Å²) in [5.41, 5.74) is 0. The van der Waals surface area contributed by atoms with E-state index in [4.69, 9.17) is 4.79 Å². The molecular weight excluding hydrogens is 212 g/mol. The number of rotatable bonds is 2. The summed E-state index contributed by atoms with van der Waals surface area (Å²) in [6.45, 7) is 1.64. The SMILES string of the molecule is CN=C=O.CNC(=O)NC(C)C(=O)N(C)C. The molecule has 0 aliphatic carbocycles. The van der Waals surface area contributed by atoms with Crippen LogP contribution in [0.1, 0.15) is 6.92 Å². The van der Waals surface area contributed by atoms with Crippen molar-refractivity contribution in [1.29, 1.82) is 0 Å². The number of nitrogens with one attached hydrogen (secondary N) is 2. The molecule has 0 saturated heterocycles. The highest BCUT2D eigenvalue weighted by Gasteiger charge is 2.15. The second kappa shape index (κ2) is 9.67. The van der Waals surface area contributed by atoms with Gasteiger partial charge in [0.2, 0.25) is 12.0 Å². The first-order valence-electron chi connectivity index (χ1n) is 4.56. The number of urea groups is 1. The van der Waals surface area contributed by atoms with Gasteiger partial charge in [-0.1, -0.05) is 0 Å². The predicted molar refractivity (Wildman–Crippen MR) is 59.8 cm³/mol. The van der Waals surface area contributed by atoms with Crippen molar-refractivity contribution in [3.8, 4) is 0 Å². The first-order chi connectivity index (χ1) is 7.40. The largest absolute Gasteiger partial charge is 0.347 e. The Labute approximate surface area is 94.9 Å². The highest BCUT2D eigenvalue weighted by atomic mass is 16.2. The average molecular weight is 230 g/mol. The number of nitrogens with zero attached hydrogens (tertiary/aromatic N) is 2. The van der Waals surface area contributed by atoms with Gasteiger partial charge in [-0.3, -0.25) is 4.79 Å². The molecule has 0 spiro atoms. The van der Waals surface area contributed by atoms with Gasteiger partial charge in [-0.25, -0.2) is 14.6 Å². The van der Waals surface area contributed by atoms with E-state index in [1.54, 1.807) is 21.0 Å². The fourth-order valence-corrected chi connectivity index (χ4v) is 0.718. The Bertz CT molecular complexity index is 272. The smallest absolute Gasteiger partial charge is 0.315 e. The number of carbonyl (C=O) groups is 2. The molecule has 0 rings (SSSR count). The lowest BCUT2D eigenvalue weighted by Gasteiger charge is -2.17. The molecule has 3 amide bonds. The van der Waals surface area contributed by atoms with E-state index in [0.29, 0.717) is 0 Å². The molecule has 7 nitrogen and oxygen atoms in total. The maximum atomic E-state index is 11.2. The van der Waals surface area contributed by atoms with Gasteiger partial charge in [0, 0.05) is 28.2 Å². The van der Waals surface area contributed by atoms with E-state index in [1.807, 2.05) is 0 Å². The molecule has 0 aliphatic rings. The normalized spacial score (nSPS) is 9.81. The van der Waals surface area contributed by atoms with Gasteiger partial charge in [0.1, 0.15) is 6.04 Å². The van der Waals surface area contributed by atoms with Crippen molar-refractivity contribution >= 4 is 18.0 Å². The molecule has 0 aromatic heterocycles. The predicted octanol–water partition coefficient (Wildman–Crippen LogP) is -0.656. The lowest BCUT2D eigenvalue weighted by molar-refractivity contribution is -0.130. The summed E-state index contributed by atoms with van der Waals surface area (Å²) in [6, 6.07) is -0.836. The third-order valence-corrected chi connectivity index (χ3v) is 1.48. The quantitative estimate of drug-likeness (QED) is 0.487. The van der Waals surface area contributed by atoms with Crippen molar-refractivity contribution < 1.29 is 14.4 Å². The Hall–Kier alpha value is -1.88. The minimum Gasteiger partial charge on any atom is -0.347 e. The standard InChI is InChI=1S/C7H15N3O2.C2H3NO/c1-5(6(11)10(3)4)9-7(12)8-2;1-3-2-4/h5H,1-4H3,(H2,8,9,12);1H3. The fourth-order valence-electron chi connectivity index (χ4n) is 0.718. The molecule has 2 N–H and O–H groups in total. The van der Waals surface area contributed by atoms with E-state index < -0.39 is 6.04 Å². The number of isocyanates is 1. The van der Waals surface area contributed by atoms with Crippen molar-refractivity contribution in [2.75, 3.05) is 28.2 Å². The molecule has 0 aromatic carbocycles. The van der Waals surface area contributed by atoms with Gasteiger partial charge in [-0.05, 0) is 6.92 Å². The van der Waals surface area contributed by atoms with E-state index >= 15 is 0 Å². The second-order valence-electron chi connectivity index (χ2n) is 2.99. The summed E-state index contributed by atoms with van der Waals surface area (Å²) >= 11 is 0. The van der Waals surface area contributed by atoms with Crippen LogP contribution in [0.15, 0.2) is 4.99 Å². The van der Waals surface area contributed by atoms with Gasteiger partial charge in [-0.15, -0.1) is 0 Å². The molecule has 0 heterocycles. The lowest BCUT2D eigenvalue weighted by atomic mass is 10.3. The van der Waals surface area contributed by atoms with E-state index in [2.05, 4.69) is 15.6 Å². The van der Waals surface area contributed by atoms with Crippen molar-refractivity contribution in [1.82, 2.24) is 15.5 Å². The highest BCUT2D eigenvalue weighted by molar-refractivity contribution is 5.86. The molecule has 7 heteroatoms. The summed E-state index contributed by atoms with van der Waals surface area (Å²) in [5, 5.41) is 4.84. The van der Waals surface area contributed by atoms with Crippen LogP contribution in [0, 0.1) is 0 Å². The third-order valence-electron chi connectivity index (χ3n) is 1.48. The number of likely N-dealkylation sites (N-methyl/N-ethyl adjacent to an activating group) is 1. The third kappa shape index (κ3) is 8.71. The molecular formula is C9H18N4O3. The molecule has 1 atom stereocenters. The zero-order valence-electron chi connectivity index (χ0n) is 10.2. The fraction of sp³-hybridized carbons (Fsp3) is 0.667. The van der Waals surface area contributed by atoms with E-state index in [0.717, 1.165) is 0 Å². The van der Waals surface area contributed by atoms with Crippen molar-refractivity contribution in [3.05, 3.63) is 0 Å². The molecule has 0 saturated carbocycles. The lowest BCUT2D eigenvalue weighted by Crippen LogP contribution is -2.47. The van der Waals surface area contributed by atoms with Crippen LogP contribution in [0.4, 0.5) is 4.79 Å². The molecule has 0 aromatic rings. The number of hydrogen-bond acceptors (Lipinski definition) is 4. The first kappa shape index (κ1) is 16.5. The summed E-state index contributed by atoms with van der Waals surface area (Å²) in [7, 11) is 6.17. The van der Waals surface area contributed by atoms with Crippen LogP contribution < -0.4 is 10.6 Å². The summed E-state index contributed by atoms with van der Waals surface area (Å²) < 4.78 is 0. The van der Waals surface area contributed by atoms with Crippen LogP contribution in [0.3, 0.4) is 0 Å². The second-order valence-corrected chi connectivity index (χ2v) is 2.99. The van der Waals surface area contributed by atoms with Crippen LogP contribution in [0.5, 0.6) is 0 Å². The number of hydrogen-bond donors (Lipinski definition) is 2. The summed E-state index contributed by atoms with van der Waals surface area (Å²) in [5.74, 6) is -0.126. The van der Waals surface area contributed by atoms with Crippen LogP contribution >= 0.6 is 0 Å². The van der Waals surface area contributed by atoms with Crippen molar-refractivity contribution in [2.45, 2.75) is 13.0 Å². The zero-order valence-corrected chi connectivity index (χ0v) is 10.2. The first-order valence-corrected chi connectivity index (χ1v) is 4.56. The van der Waals surface area contributed by atoms with E-state index in [9.17, 15) is 9.59 Å². The van der Waals surface area contributed by atoms with Crippen LogP contribution in [-0.4, -0.2) is 57.2 Å². The van der Waals surface area contributed by atoms with Gasteiger partial charge in [-0.2, -0.15) is 0 Å².